The molecule has 1 amide bonds. The summed E-state index contributed by atoms with van der Waals surface area (Å²) in [5, 5.41) is 5.97. The van der Waals surface area contributed by atoms with Crippen molar-refractivity contribution < 1.29 is 18.7 Å². The second-order valence-electron chi connectivity index (χ2n) is 6.28. The first-order valence-corrected chi connectivity index (χ1v) is 8.51. The quantitative estimate of drug-likeness (QED) is 0.852. The highest BCUT2D eigenvalue weighted by molar-refractivity contribution is 5.82. The van der Waals surface area contributed by atoms with Crippen molar-refractivity contribution in [1.29, 1.82) is 0 Å². The van der Waals surface area contributed by atoms with Gasteiger partial charge in [0, 0.05) is 31.2 Å². The molecular formula is C17H24FN3O3. The number of carbonyl (C=O) groups excluding carboxylic acids is 1. The summed E-state index contributed by atoms with van der Waals surface area (Å²) in [5.41, 5.74) is 0.986. The van der Waals surface area contributed by atoms with Gasteiger partial charge in [-0.15, -0.1) is 0 Å². The zero-order valence-electron chi connectivity index (χ0n) is 13.9. The van der Waals surface area contributed by atoms with E-state index < -0.39 is 0 Å². The number of rotatable bonds is 5. The van der Waals surface area contributed by atoms with E-state index in [9.17, 15) is 9.18 Å². The number of pyridine rings is 1. The van der Waals surface area contributed by atoms with Crippen LogP contribution in [0.25, 0.3) is 0 Å². The van der Waals surface area contributed by atoms with Crippen LogP contribution in [0.15, 0.2) is 6.07 Å². The molecule has 3 rings (SSSR count). The Labute approximate surface area is 141 Å². The molecule has 0 radical (unpaired) electrons. The van der Waals surface area contributed by atoms with Gasteiger partial charge in [0.2, 0.25) is 11.8 Å². The number of carbonyl (C=O) groups is 1. The predicted molar refractivity (Wildman–Crippen MR) is 86.4 cm³/mol. The number of nitrogens with one attached hydrogen (secondary N) is 2. The first kappa shape index (κ1) is 17.1. The zero-order chi connectivity index (χ0) is 16.9. The average molecular weight is 337 g/mol. The Hall–Kier alpha value is -1.73. The number of ether oxygens (including phenoxy) is 2. The Morgan fingerprint density at radius 3 is 2.92 bits per heavy atom. The summed E-state index contributed by atoms with van der Waals surface area (Å²) in [5.74, 6) is 0.0194. The number of methoxy groups -OCH3 is 1. The lowest BCUT2D eigenvalue weighted by Crippen LogP contribution is -2.40. The Bertz CT molecular complexity index is 585. The summed E-state index contributed by atoms with van der Waals surface area (Å²) in [6.45, 7) is 2.32. The van der Waals surface area contributed by atoms with Crippen molar-refractivity contribution in [2.45, 2.75) is 44.2 Å². The minimum Gasteiger partial charge on any atom is -0.481 e. The third kappa shape index (κ3) is 3.84. The van der Waals surface area contributed by atoms with Gasteiger partial charge in [-0.25, -0.2) is 9.37 Å². The van der Waals surface area contributed by atoms with E-state index in [2.05, 4.69) is 15.6 Å². The smallest absolute Gasteiger partial charge is 0.237 e. The van der Waals surface area contributed by atoms with Crippen LogP contribution < -0.4 is 15.4 Å². The maximum absolute atomic E-state index is 14.5. The fourth-order valence-electron chi connectivity index (χ4n) is 3.30. The number of aromatic nitrogens is 1. The second kappa shape index (κ2) is 7.90. The van der Waals surface area contributed by atoms with Gasteiger partial charge in [-0.2, -0.15) is 0 Å². The molecule has 2 aliphatic heterocycles. The molecule has 0 aromatic carbocycles. The van der Waals surface area contributed by atoms with Crippen LogP contribution in [0.3, 0.4) is 0 Å². The fourth-order valence-corrected chi connectivity index (χ4v) is 3.30. The Balaban J connectivity index is 1.70. The van der Waals surface area contributed by atoms with Crippen molar-refractivity contribution in [3.63, 3.8) is 0 Å². The normalized spacial score (nSPS) is 21.7. The molecule has 1 aromatic heterocycles. The molecule has 2 saturated heterocycles. The Morgan fingerprint density at radius 2 is 2.25 bits per heavy atom. The molecule has 7 heteroatoms. The lowest BCUT2D eigenvalue weighted by molar-refractivity contribution is -0.122. The molecule has 1 aromatic rings. The third-order valence-electron chi connectivity index (χ3n) is 4.67. The first-order chi connectivity index (χ1) is 11.7. The highest BCUT2D eigenvalue weighted by Crippen LogP contribution is 2.30. The number of halogens is 1. The molecule has 0 spiro atoms. The average Bonchev–Trinajstić information content (AvgIpc) is 3.15. The van der Waals surface area contributed by atoms with Crippen LogP contribution >= 0.6 is 0 Å². The largest absolute Gasteiger partial charge is 0.481 e. The van der Waals surface area contributed by atoms with Crippen LogP contribution in [-0.4, -0.2) is 43.8 Å². The standard InChI is InChI=1S/C17H24FN3O3/c1-23-17-12(10-20-16(22)14-3-2-6-19-14)9-13(18)15(21-17)11-4-7-24-8-5-11/h9,11,14,19H,2-8,10H2,1H3,(H,20,22). The van der Waals surface area contributed by atoms with Crippen LogP contribution in [0, 0.1) is 5.82 Å². The van der Waals surface area contributed by atoms with Gasteiger partial charge in [0.15, 0.2) is 0 Å². The maximum Gasteiger partial charge on any atom is 0.237 e. The molecule has 2 aliphatic rings. The van der Waals surface area contributed by atoms with Crippen molar-refractivity contribution in [1.82, 2.24) is 15.6 Å². The van der Waals surface area contributed by atoms with E-state index in [-0.39, 0.29) is 30.2 Å². The molecule has 2 N–H and O–H groups in total. The van der Waals surface area contributed by atoms with Crippen molar-refractivity contribution in [2.75, 3.05) is 26.9 Å². The van der Waals surface area contributed by atoms with E-state index in [0.29, 0.717) is 30.4 Å². The third-order valence-corrected chi connectivity index (χ3v) is 4.67. The molecule has 3 heterocycles. The van der Waals surface area contributed by atoms with Crippen LogP contribution in [0.2, 0.25) is 0 Å². The molecular weight excluding hydrogens is 313 g/mol. The van der Waals surface area contributed by atoms with Crippen molar-refractivity contribution >= 4 is 5.91 Å². The maximum atomic E-state index is 14.5. The van der Waals surface area contributed by atoms with Gasteiger partial charge in [0.1, 0.15) is 5.82 Å². The lowest BCUT2D eigenvalue weighted by atomic mass is 9.95. The van der Waals surface area contributed by atoms with Gasteiger partial charge in [-0.3, -0.25) is 4.79 Å². The van der Waals surface area contributed by atoms with E-state index in [1.807, 2.05) is 0 Å². The molecule has 0 aliphatic carbocycles. The summed E-state index contributed by atoms with van der Waals surface area (Å²) in [6, 6.07) is 1.27. The van der Waals surface area contributed by atoms with Crippen molar-refractivity contribution in [3.8, 4) is 5.88 Å². The Kier molecular flexibility index (Phi) is 5.63. The Morgan fingerprint density at radius 1 is 1.46 bits per heavy atom. The summed E-state index contributed by atoms with van der Waals surface area (Å²) >= 11 is 0. The highest BCUT2D eigenvalue weighted by atomic mass is 19.1. The fraction of sp³-hybridized carbons (Fsp3) is 0.647. The lowest BCUT2D eigenvalue weighted by Gasteiger charge is -2.23. The summed E-state index contributed by atoms with van der Waals surface area (Å²) in [7, 11) is 1.51. The molecule has 24 heavy (non-hydrogen) atoms. The van der Waals surface area contributed by atoms with Gasteiger partial charge in [-0.1, -0.05) is 0 Å². The van der Waals surface area contributed by atoms with E-state index in [1.54, 1.807) is 0 Å². The van der Waals surface area contributed by atoms with Crippen LogP contribution in [0.4, 0.5) is 4.39 Å². The van der Waals surface area contributed by atoms with Gasteiger partial charge in [0.05, 0.1) is 18.8 Å². The van der Waals surface area contributed by atoms with Crippen molar-refractivity contribution in [3.05, 3.63) is 23.1 Å². The van der Waals surface area contributed by atoms with Crippen LogP contribution in [-0.2, 0) is 16.1 Å². The van der Waals surface area contributed by atoms with Gasteiger partial charge in [-0.05, 0) is 38.3 Å². The molecule has 6 nitrogen and oxygen atoms in total. The van der Waals surface area contributed by atoms with E-state index in [1.165, 1.54) is 13.2 Å². The minimum absolute atomic E-state index is 0.0546. The van der Waals surface area contributed by atoms with Crippen molar-refractivity contribution in [2.24, 2.45) is 0 Å². The predicted octanol–water partition coefficient (Wildman–Crippen LogP) is 1.49. The molecule has 0 bridgehead atoms. The molecule has 1 atom stereocenters. The highest BCUT2D eigenvalue weighted by Gasteiger charge is 2.25. The van der Waals surface area contributed by atoms with E-state index >= 15 is 0 Å². The SMILES string of the molecule is COc1nc(C2CCOCC2)c(F)cc1CNC(=O)C1CCCN1. The van der Waals surface area contributed by atoms with Crippen LogP contribution in [0.1, 0.15) is 42.9 Å². The van der Waals surface area contributed by atoms with Crippen LogP contribution in [0.5, 0.6) is 5.88 Å². The summed E-state index contributed by atoms with van der Waals surface area (Å²) in [4.78, 5) is 16.4. The zero-order valence-corrected chi connectivity index (χ0v) is 13.9. The topological polar surface area (TPSA) is 72.5 Å². The molecule has 0 saturated carbocycles. The second-order valence-corrected chi connectivity index (χ2v) is 6.28. The number of hydrogen-bond donors (Lipinski definition) is 2. The first-order valence-electron chi connectivity index (χ1n) is 8.51. The van der Waals surface area contributed by atoms with Gasteiger partial charge < -0.3 is 20.1 Å². The van der Waals surface area contributed by atoms with E-state index in [4.69, 9.17) is 9.47 Å². The summed E-state index contributed by atoms with van der Waals surface area (Å²) in [6.07, 6.45) is 3.35. The molecule has 2 fully saturated rings. The molecule has 132 valence electrons. The van der Waals surface area contributed by atoms with Gasteiger partial charge in [0.25, 0.3) is 0 Å². The minimum atomic E-state index is -0.342. The van der Waals surface area contributed by atoms with E-state index in [0.717, 1.165) is 32.2 Å². The summed E-state index contributed by atoms with van der Waals surface area (Å²) < 4.78 is 25.1. The van der Waals surface area contributed by atoms with Gasteiger partial charge >= 0.3 is 0 Å². The monoisotopic (exact) mass is 337 g/mol. The molecule has 1 unspecified atom stereocenters. The number of amides is 1. The number of nitrogens with zero attached hydrogens (tertiary/aromatic N) is 1. The number of hydrogen-bond acceptors (Lipinski definition) is 5.